The molecule has 2 amide bonds. The van der Waals surface area contributed by atoms with Crippen molar-refractivity contribution >= 4 is 46.9 Å². The molecule has 0 aliphatic carbocycles. The summed E-state index contributed by atoms with van der Waals surface area (Å²) in [6, 6.07) is 14.6. The van der Waals surface area contributed by atoms with E-state index < -0.39 is 21.7 Å². The third-order valence-electron chi connectivity index (χ3n) is 6.63. The molecule has 3 atom stereocenters. The lowest BCUT2D eigenvalue weighted by Gasteiger charge is -2.30. The number of carbonyl (C=O) groups excluding carboxylic acids is 3. The third kappa shape index (κ3) is 5.64. The van der Waals surface area contributed by atoms with E-state index in [0.29, 0.717) is 29.0 Å². The molecule has 190 valence electrons. The Hall–Kier alpha value is -3.40. The molecule has 10 heteroatoms. The second kappa shape index (κ2) is 11.3. The molecule has 2 heterocycles. The van der Waals surface area contributed by atoms with E-state index in [1.54, 1.807) is 55.5 Å². The maximum absolute atomic E-state index is 13.4. The van der Waals surface area contributed by atoms with Gasteiger partial charge in [0.25, 0.3) is 0 Å². The second-order valence-electron chi connectivity index (χ2n) is 8.89. The number of amides is 2. The number of likely N-dealkylation sites (tertiary alicyclic amines) is 1. The summed E-state index contributed by atoms with van der Waals surface area (Å²) in [6.45, 7) is 1.93. The van der Waals surface area contributed by atoms with Crippen molar-refractivity contribution in [2.24, 2.45) is 0 Å². The highest BCUT2D eigenvalue weighted by Crippen LogP contribution is 2.33. The number of carbonyl (C=O) groups is 4. The van der Waals surface area contributed by atoms with Crippen LogP contribution < -0.4 is 0 Å². The average Bonchev–Trinajstić information content (AvgIpc) is 3.31. The minimum atomic E-state index is -1.21. The van der Waals surface area contributed by atoms with Gasteiger partial charge in [0.1, 0.15) is 6.04 Å². The maximum Gasteiger partial charge on any atom is 0.521 e. The fourth-order valence-electron chi connectivity index (χ4n) is 4.53. The van der Waals surface area contributed by atoms with Crippen molar-refractivity contribution in [2.45, 2.75) is 42.6 Å². The Kier molecular flexibility index (Phi) is 8.16. The van der Waals surface area contributed by atoms with Gasteiger partial charge in [0.15, 0.2) is 16.7 Å². The lowest BCUT2D eigenvalue weighted by Crippen LogP contribution is -2.59. The highest BCUT2D eigenvalue weighted by molar-refractivity contribution is 8.00. The van der Waals surface area contributed by atoms with Crippen molar-refractivity contribution < 1.29 is 28.8 Å². The first kappa shape index (κ1) is 26.7. The molecule has 1 aliphatic heterocycles. The van der Waals surface area contributed by atoms with Gasteiger partial charge in [-0.25, -0.2) is 14.8 Å². The number of carboxylic acid groups (broad SMARTS) is 1. The Labute approximate surface area is 223 Å². The summed E-state index contributed by atoms with van der Waals surface area (Å²) in [5.74, 6) is -1.14. The van der Waals surface area contributed by atoms with Gasteiger partial charge in [-0.2, -0.15) is 9.28 Å². The van der Waals surface area contributed by atoms with Gasteiger partial charge < -0.3 is 5.11 Å². The van der Waals surface area contributed by atoms with Crippen LogP contribution in [0.15, 0.2) is 72.1 Å². The van der Waals surface area contributed by atoms with Crippen LogP contribution in [-0.2, 0) is 4.79 Å². The number of Topliss-reactive ketones (excluding diaryl/α,β-unsaturated/α-hetero) is 1. The average molecular weight is 539 g/mol. The topological polar surface area (TPSA) is 114 Å². The molecule has 1 N–H and O–H groups in total. The van der Waals surface area contributed by atoms with E-state index in [9.17, 15) is 24.3 Å². The van der Waals surface area contributed by atoms with Crippen molar-refractivity contribution in [3.63, 3.8) is 0 Å². The number of rotatable bonds is 8. The van der Waals surface area contributed by atoms with E-state index in [2.05, 4.69) is 9.97 Å². The van der Waals surface area contributed by atoms with Crippen molar-refractivity contribution in [1.29, 1.82) is 0 Å². The molecule has 2 aromatic carbocycles. The smallest absolute Gasteiger partial charge is 0.435 e. The number of thioether (sulfide) groups is 1. The van der Waals surface area contributed by atoms with Crippen LogP contribution in [0.1, 0.15) is 52.5 Å². The number of hydrogen-bond donors (Lipinski definition) is 1. The molecular formula is C27H25ClN3O5S+. The molecule has 1 aromatic heterocycles. The predicted molar refractivity (Wildman–Crippen MR) is 139 cm³/mol. The third-order valence-corrected chi connectivity index (χ3v) is 7.97. The fourth-order valence-corrected chi connectivity index (χ4v) is 5.60. The largest absolute Gasteiger partial charge is 0.521 e. The van der Waals surface area contributed by atoms with Gasteiger partial charge in [0.2, 0.25) is 0 Å². The van der Waals surface area contributed by atoms with Gasteiger partial charge in [-0.1, -0.05) is 53.7 Å². The van der Waals surface area contributed by atoms with Crippen molar-refractivity contribution in [1.82, 2.24) is 9.97 Å². The maximum atomic E-state index is 13.4. The normalized spacial score (nSPS) is 19.8. The summed E-state index contributed by atoms with van der Waals surface area (Å²) in [6.07, 6.45) is 2.46. The summed E-state index contributed by atoms with van der Waals surface area (Å²) >= 11 is 6.93. The Bertz CT molecular complexity index is 1320. The van der Waals surface area contributed by atoms with E-state index in [1.807, 2.05) is 6.07 Å². The van der Waals surface area contributed by atoms with Gasteiger partial charge in [0.05, 0.1) is 23.8 Å². The Morgan fingerprint density at radius 3 is 2.22 bits per heavy atom. The number of ketones is 2. The van der Waals surface area contributed by atoms with Crippen LogP contribution in [0.5, 0.6) is 0 Å². The van der Waals surface area contributed by atoms with Gasteiger partial charge in [0, 0.05) is 41.4 Å². The van der Waals surface area contributed by atoms with E-state index in [0.717, 1.165) is 11.8 Å². The Morgan fingerprint density at radius 1 is 1.00 bits per heavy atom. The molecule has 3 aromatic rings. The fraction of sp³-hybridized carbons (Fsp3) is 0.259. The molecule has 8 nitrogen and oxygen atoms in total. The number of benzene rings is 2. The summed E-state index contributed by atoms with van der Waals surface area (Å²) in [4.78, 5) is 60.2. The van der Waals surface area contributed by atoms with Gasteiger partial charge in [-0.3, -0.25) is 9.59 Å². The quantitative estimate of drug-likeness (QED) is 0.178. The van der Waals surface area contributed by atoms with Gasteiger partial charge in [-0.05, 0) is 31.2 Å². The number of aromatic nitrogens is 2. The van der Waals surface area contributed by atoms with Crippen LogP contribution in [0.2, 0.25) is 5.02 Å². The lowest BCUT2D eigenvalue weighted by atomic mass is 10.0. The van der Waals surface area contributed by atoms with Crippen molar-refractivity contribution in [3.05, 3.63) is 88.7 Å². The monoisotopic (exact) mass is 538 g/mol. The molecule has 1 saturated heterocycles. The zero-order valence-corrected chi connectivity index (χ0v) is 21.6. The second-order valence-corrected chi connectivity index (χ2v) is 10.5. The van der Waals surface area contributed by atoms with E-state index in [4.69, 9.17) is 11.6 Å². The van der Waals surface area contributed by atoms with E-state index in [1.165, 1.54) is 12.4 Å². The molecule has 37 heavy (non-hydrogen) atoms. The molecule has 2 unspecified atom stereocenters. The van der Waals surface area contributed by atoms with Crippen LogP contribution in [0.25, 0.3) is 0 Å². The lowest BCUT2D eigenvalue weighted by molar-refractivity contribution is -0.792. The molecule has 1 fully saturated rings. The zero-order valence-electron chi connectivity index (χ0n) is 20.0. The number of imide groups is 1. The molecule has 0 bridgehead atoms. The predicted octanol–water partition coefficient (Wildman–Crippen LogP) is 5.30. The van der Waals surface area contributed by atoms with Crippen LogP contribution in [0.3, 0.4) is 0 Å². The number of quaternary nitrogens is 1. The molecule has 0 spiro atoms. The van der Waals surface area contributed by atoms with Crippen LogP contribution in [0, 0.1) is 0 Å². The standard InChI is InChI=1S/C27H24ClN3O5S/c1-17-6-5-13-31(17,27(35)36)23(32)14-22(25(34)19-9-11-21(28)12-10-19)37-26-29-15-20(16-30-26)24(33)18-7-3-2-4-8-18/h2-4,7-12,15-17,22H,5-6,13-14H2,1H3/p+1/t17-,22?,31?/m1/s1. The van der Waals surface area contributed by atoms with E-state index >= 15 is 0 Å². The van der Waals surface area contributed by atoms with Crippen molar-refractivity contribution in [3.8, 4) is 0 Å². The first-order chi connectivity index (χ1) is 17.7. The number of nitrogens with zero attached hydrogens (tertiary/aromatic N) is 3. The van der Waals surface area contributed by atoms with Crippen molar-refractivity contribution in [2.75, 3.05) is 6.54 Å². The summed E-state index contributed by atoms with van der Waals surface area (Å²) in [5, 5.41) is 9.65. The zero-order chi connectivity index (χ0) is 26.6. The summed E-state index contributed by atoms with van der Waals surface area (Å²) in [7, 11) is 0. The molecule has 0 radical (unpaired) electrons. The molecule has 0 saturated carbocycles. The highest BCUT2D eigenvalue weighted by atomic mass is 35.5. The van der Waals surface area contributed by atoms with Gasteiger partial charge >= 0.3 is 12.0 Å². The number of hydrogen-bond acceptors (Lipinski definition) is 7. The van der Waals surface area contributed by atoms with Crippen LogP contribution in [-0.4, -0.2) is 61.0 Å². The molecule has 4 rings (SSSR count). The number of halogens is 1. The Balaban J connectivity index is 1.60. The minimum Gasteiger partial charge on any atom is -0.435 e. The Morgan fingerprint density at radius 2 is 1.65 bits per heavy atom. The van der Waals surface area contributed by atoms with E-state index in [-0.39, 0.29) is 41.3 Å². The SMILES string of the molecule is C[C@@H]1CCC[N+]1(C(=O)O)C(=O)CC(Sc1ncc(C(=O)c2ccccc2)cn1)C(=O)c1ccc(Cl)cc1. The van der Waals surface area contributed by atoms with Gasteiger partial charge in [-0.15, -0.1) is 0 Å². The minimum absolute atomic E-state index is 0.189. The molecule has 1 aliphatic rings. The highest BCUT2D eigenvalue weighted by Gasteiger charge is 2.53. The summed E-state index contributed by atoms with van der Waals surface area (Å²) in [5.41, 5.74) is 1.12. The molecular weight excluding hydrogens is 514 g/mol. The first-order valence-corrected chi connectivity index (χ1v) is 13.0. The van der Waals surface area contributed by atoms with Crippen LogP contribution in [0.4, 0.5) is 4.79 Å². The first-order valence-electron chi connectivity index (χ1n) is 11.7. The van der Waals surface area contributed by atoms with Crippen LogP contribution >= 0.6 is 23.4 Å². The summed E-state index contributed by atoms with van der Waals surface area (Å²) < 4.78 is -0.698.